The summed E-state index contributed by atoms with van der Waals surface area (Å²) in [7, 11) is 0. The van der Waals surface area contributed by atoms with Crippen LogP contribution in [0.5, 0.6) is 0 Å². The van der Waals surface area contributed by atoms with Crippen molar-refractivity contribution in [2.75, 3.05) is 0 Å². The highest BCUT2D eigenvalue weighted by molar-refractivity contribution is 5.86. The van der Waals surface area contributed by atoms with Gasteiger partial charge in [0.05, 0.1) is 0 Å². The molecular formula is C15H16N2O. The minimum Gasteiger partial charge on any atom is -0.358 e. The maximum Gasteiger partial charge on any atom is 0.223 e. The summed E-state index contributed by atoms with van der Waals surface area (Å²) >= 11 is 0. The van der Waals surface area contributed by atoms with Crippen molar-refractivity contribution < 1.29 is 4.79 Å². The molecule has 0 radical (unpaired) electrons. The number of fused-ring (bicyclic) bond motifs is 3. The fourth-order valence-corrected chi connectivity index (χ4v) is 2.99. The van der Waals surface area contributed by atoms with Crippen LogP contribution in [0.25, 0.3) is 10.9 Å². The van der Waals surface area contributed by atoms with Crippen LogP contribution < -0.4 is 5.32 Å². The number of hydrogen-bond donors (Lipinski definition) is 2. The lowest BCUT2D eigenvalue weighted by Gasteiger charge is -2.11. The minimum absolute atomic E-state index is 0.259. The molecule has 0 spiro atoms. The van der Waals surface area contributed by atoms with E-state index in [1.807, 2.05) is 0 Å². The Labute approximate surface area is 106 Å². The smallest absolute Gasteiger partial charge is 0.223 e. The summed E-state index contributed by atoms with van der Waals surface area (Å²) < 4.78 is 0. The number of rotatable bonds is 2. The van der Waals surface area contributed by atoms with Crippen molar-refractivity contribution in [3.63, 3.8) is 0 Å². The minimum atomic E-state index is 0.259. The highest BCUT2D eigenvalue weighted by Crippen LogP contribution is 2.32. The highest BCUT2D eigenvalue weighted by atomic mass is 16.2. The molecule has 2 aliphatic carbocycles. The average Bonchev–Trinajstić information content (AvgIpc) is 3.06. The molecule has 1 unspecified atom stereocenters. The number of carbonyl (C=O) groups excluding carboxylic acids is 1. The van der Waals surface area contributed by atoms with Crippen LogP contribution in [-0.4, -0.2) is 16.9 Å². The zero-order chi connectivity index (χ0) is 12.1. The predicted molar refractivity (Wildman–Crippen MR) is 70.4 cm³/mol. The fourth-order valence-electron chi connectivity index (χ4n) is 2.99. The zero-order valence-electron chi connectivity index (χ0n) is 10.2. The third-order valence-corrected chi connectivity index (χ3v) is 4.10. The Morgan fingerprint density at radius 1 is 1.22 bits per heavy atom. The molecular weight excluding hydrogens is 224 g/mol. The number of aromatic nitrogens is 1. The Bertz CT molecular complexity index is 624. The number of H-pyrrole nitrogens is 1. The maximum atomic E-state index is 11.8. The number of hydrogen-bond acceptors (Lipinski definition) is 1. The summed E-state index contributed by atoms with van der Waals surface area (Å²) in [5.41, 5.74) is 3.92. The highest BCUT2D eigenvalue weighted by Gasteiger charge is 2.33. The van der Waals surface area contributed by atoms with Crippen LogP contribution in [-0.2, 0) is 17.6 Å². The second-order valence-corrected chi connectivity index (χ2v) is 5.52. The second kappa shape index (κ2) is 3.61. The number of aromatic amines is 1. The Balaban J connectivity index is 1.57. The molecule has 1 atom stereocenters. The molecule has 4 rings (SSSR count). The number of amides is 1. The Kier molecular flexibility index (Phi) is 2.04. The van der Waals surface area contributed by atoms with Crippen LogP contribution in [0.2, 0.25) is 0 Å². The van der Waals surface area contributed by atoms with Crippen molar-refractivity contribution in [3.05, 3.63) is 35.5 Å². The topological polar surface area (TPSA) is 44.9 Å². The van der Waals surface area contributed by atoms with Gasteiger partial charge < -0.3 is 10.3 Å². The van der Waals surface area contributed by atoms with Crippen molar-refractivity contribution in [2.45, 2.75) is 31.7 Å². The largest absolute Gasteiger partial charge is 0.358 e. The Hall–Kier alpha value is -1.77. The third kappa shape index (κ3) is 1.54. The second-order valence-electron chi connectivity index (χ2n) is 5.52. The maximum absolute atomic E-state index is 11.8. The number of nitrogens with one attached hydrogen (secondary N) is 2. The normalized spacial score (nSPS) is 22.1. The summed E-state index contributed by atoms with van der Waals surface area (Å²) in [5.74, 6) is 0.565. The SMILES string of the molecule is O=C(NC1Cc2[nH]c3ccccc3c2C1)C1CC1. The van der Waals surface area contributed by atoms with Crippen LogP contribution in [0.4, 0.5) is 0 Å². The first kappa shape index (κ1) is 10.2. The van der Waals surface area contributed by atoms with Crippen LogP contribution in [0.1, 0.15) is 24.1 Å². The molecule has 2 aromatic rings. The molecule has 1 fully saturated rings. The van der Waals surface area contributed by atoms with Gasteiger partial charge in [-0.1, -0.05) is 18.2 Å². The molecule has 18 heavy (non-hydrogen) atoms. The molecule has 0 saturated heterocycles. The summed E-state index contributed by atoms with van der Waals surface area (Å²) in [5, 5.41) is 4.50. The Morgan fingerprint density at radius 2 is 2.06 bits per heavy atom. The molecule has 0 aliphatic heterocycles. The van der Waals surface area contributed by atoms with Crippen LogP contribution in [0.15, 0.2) is 24.3 Å². The molecule has 2 aliphatic rings. The van der Waals surface area contributed by atoms with Gasteiger partial charge in [0, 0.05) is 35.0 Å². The van der Waals surface area contributed by atoms with Gasteiger partial charge in [-0.2, -0.15) is 0 Å². The molecule has 3 heteroatoms. The lowest BCUT2D eigenvalue weighted by molar-refractivity contribution is -0.122. The van der Waals surface area contributed by atoms with E-state index in [1.165, 1.54) is 22.2 Å². The van der Waals surface area contributed by atoms with E-state index >= 15 is 0 Å². The quantitative estimate of drug-likeness (QED) is 0.830. The standard InChI is InChI=1S/C15H16N2O/c18-15(9-5-6-9)16-10-7-12-11-3-1-2-4-13(11)17-14(12)8-10/h1-4,9-10,17H,5-8H2,(H,16,18). The van der Waals surface area contributed by atoms with Gasteiger partial charge in [0.2, 0.25) is 5.91 Å². The summed E-state index contributed by atoms with van der Waals surface area (Å²) in [6, 6.07) is 8.71. The van der Waals surface area contributed by atoms with E-state index in [1.54, 1.807) is 0 Å². The molecule has 3 nitrogen and oxygen atoms in total. The van der Waals surface area contributed by atoms with Gasteiger partial charge in [0.25, 0.3) is 0 Å². The fraction of sp³-hybridized carbons (Fsp3) is 0.400. The van der Waals surface area contributed by atoms with E-state index < -0.39 is 0 Å². The van der Waals surface area contributed by atoms with Crippen molar-refractivity contribution in [3.8, 4) is 0 Å². The van der Waals surface area contributed by atoms with Crippen molar-refractivity contribution >= 4 is 16.8 Å². The zero-order valence-corrected chi connectivity index (χ0v) is 10.2. The van der Waals surface area contributed by atoms with E-state index in [0.29, 0.717) is 12.0 Å². The van der Waals surface area contributed by atoms with E-state index in [0.717, 1.165) is 25.7 Å². The monoisotopic (exact) mass is 240 g/mol. The molecule has 1 heterocycles. The van der Waals surface area contributed by atoms with Crippen LogP contribution >= 0.6 is 0 Å². The number of para-hydroxylation sites is 1. The van der Waals surface area contributed by atoms with E-state index in [2.05, 4.69) is 34.6 Å². The van der Waals surface area contributed by atoms with Gasteiger partial charge in [0.15, 0.2) is 0 Å². The van der Waals surface area contributed by atoms with Gasteiger partial charge in [-0.05, 0) is 30.9 Å². The van der Waals surface area contributed by atoms with E-state index in [-0.39, 0.29) is 5.91 Å². The van der Waals surface area contributed by atoms with Gasteiger partial charge in [0.1, 0.15) is 0 Å². The summed E-state index contributed by atoms with van der Waals surface area (Å²) in [6.45, 7) is 0. The van der Waals surface area contributed by atoms with E-state index in [4.69, 9.17) is 0 Å². The first-order valence-electron chi connectivity index (χ1n) is 6.70. The van der Waals surface area contributed by atoms with Crippen molar-refractivity contribution in [2.24, 2.45) is 5.92 Å². The lowest BCUT2D eigenvalue weighted by atomic mass is 10.1. The van der Waals surface area contributed by atoms with Gasteiger partial charge in [-0.15, -0.1) is 0 Å². The summed E-state index contributed by atoms with van der Waals surface area (Å²) in [6.07, 6.45) is 4.07. The van der Waals surface area contributed by atoms with Gasteiger partial charge in [-0.25, -0.2) is 0 Å². The molecule has 2 N–H and O–H groups in total. The molecule has 1 aromatic carbocycles. The first-order valence-corrected chi connectivity index (χ1v) is 6.70. The molecule has 0 bridgehead atoms. The molecule has 1 aromatic heterocycles. The van der Waals surface area contributed by atoms with E-state index in [9.17, 15) is 4.79 Å². The van der Waals surface area contributed by atoms with Crippen molar-refractivity contribution in [1.82, 2.24) is 10.3 Å². The van der Waals surface area contributed by atoms with Gasteiger partial charge >= 0.3 is 0 Å². The molecule has 1 saturated carbocycles. The van der Waals surface area contributed by atoms with Crippen LogP contribution in [0.3, 0.4) is 0 Å². The summed E-state index contributed by atoms with van der Waals surface area (Å²) in [4.78, 5) is 15.2. The first-order chi connectivity index (χ1) is 8.81. The lowest BCUT2D eigenvalue weighted by Crippen LogP contribution is -2.36. The average molecular weight is 240 g/mol. The molecule has 92 valence electrons. The third-order valence-electron chi connectivity index (χ3n) is 4.10. The number of benzene rings is 1. The van der Waals surface area contributed by atoms with Crippen LogP contribution in [0, 0.1) is 5.92 Å². The predicted octanol–water partition coefficient (Wildman–Crippen LogP) is 2.16. The number of carbonyl (C=O) groups is 1. The Morgan fingerprint density at radius 3 is 2.89 bits per heavy atom. The van der Waals surface area contributed by atoms with Crippen molar-refractivity contribution in [1.29, 1.82) is 0 Å². The molecule has 1 amide bonds. The van der Waals surface area contributed by atoms with Gasteiger partial charge in [-0.3, -0.25) is 4.79 Å².